The third-order valence-electron chi connectivity index (χ3n) is 3.74. The number of carbonyl (C=O) groups excluding carboxylic acids is 1. The van der Waals surface area contributed by atoms with E-state index in [-0.39, 0.29) is 11.9 Å². The average molecular weight is 285 g/mol. The lowest BCUT2D eigenvalue weighted by atomic mass is 10.2. The lowest BCUT2D eigenvalue weighted by Crippen LogP contribution is -2.52. The van der Waals surface area contributed by atoms with Crippen molar-refractivity contribution in [2.24, 2.45) is 0 Å². The van der Waals surface area contributed by atoms with E-state index in [2.05, 4.69) is 15.6 Å². The number of aromatic nitrogens is 3. The van der Waals surface area contributed by atoms with Crippen LogP contribution in [0.2, 0.25) is 0 Å². The summed E-state index contributed by atoms with van der Waals surface area (Å²) in [4.78, 5) is 14.4. The highest BCUT2D eigenvalue weighted by molar-refractivity contribution is 5.92. The maximum Gasteiger partial charge on any atom is 0.276 e. The van der Waals surface area contributed by atoms with E-state index in [0.29, 0.717) is 12.2 Å². The topological polar surface area (TPSA) is 63.1 Å². The van der Waals surface area contributed by atoms with Crippen LogP contribution in [0.5, 0.6) is 0 Å². The number of piperazine rings is 1. The number of carbonyl (C=O) groups is 1. The largest absolute Gasteiger partial charge is 0.332 e. The first-order valence-corrected chi connectivity index (χ1v) is 7.16. The Labute approximate surface area is 123 Å². The molecule has 0 bridgehead atoms. The van der Waals surface area contributed by atoms with Crippen molar-refractivity contribution < 1.29 is 4.79 Å². The molecule has 1 aliphatic rings. The van der Waals surface area contributed by atoms with Gasteiger partial charge in [0.2, 0.25) is 0 Å². The van der Waals surface area contributed by atoms with Gasteiger partial charge in [-0.1, -0.05) is 17.3 Å². The number of nitrogens with one attached hydrogen (secondary N) is 1. The fourth-order valence-corrected chi connectivity index (χ4v) is 2.55. The van der Waals surface area contributed by atoms with Crippen LogP contribution in [0.15, 0.2) is 30.5 Å². The Hall–Kier alpha value is -2.21. The summed E-state index contributed by atoms with van der Waals surface area (Å²) in [5, 5.41) is 11.4. The molecule has 0 radical (unpaired) electrons. The molecule has 2 heterocycles. The molecule has 1 N–H and O–H groups in total. The molecular weight excluding hydrogens is 266 g/mol. The first kappa shape index (κ1) is 13.8. The highest BCUT2D eigenvalue weighted by Gasteiger charge is 2.26. The second kappa shape index (κ2) is 5.65. The average Bonchev–Trinajstić information content (AvgIpc) is 2.97. The molecule has 21 heavy (non-hydrogen) atoms. The van der Waals surface area contributed by atoms with E-state index in [1.807, 2.05) is 43.0 Å². The zero-order chi connectivity index (χ0) is 14.8. The lowest BCUT2D eigenvalue weighted by Gasteiger charge is -2.33. The lowest BCUT2D eigenvalue weighted by molar-refractivity contribution is 0.0649. The van der Waals surface area contributed by atoms with Crippen LogP contribution < -0.4 is 5.32 Å². The molecule has 6 nitrogen and oxygen atoms in total. The van der Waals surface area contributed by atoms with Gasteiger partial charge in [0.1, 0.15) is 0 Å². The van der Waals surface area contributed by atoms with Crippen molar-refractivity contribution in [2.75, 3.05) is 19.6 Å². The van der Waals surface area contributed by atoms with Gasteiger partial charge >= 0.3 is 0 Å². The van der Waals surface area contributed by atoms with Gasteiger partial charge in [-0.3, -0.25) is 4.79 Å². The van der Waals surface area contributed by atoms with Crippen molar-refractivity contribution in [3.05, 3.63) is 41.7 Å². The Kier molecular flexibility index (Phi) is 3.70. The van der Waals surface area contributed by atoms with Crippen molar-refractivity contribution >= 4 is 5.91 Å². The van der Waals surface area contributed by atoms with Crippen LogP contribution in [-0.2, 0) is 0 Å². The molecule has 0 spiro atoms. The first-order valence-electron chi connectivity index (χ1n) is 7.16. The van der Waals surface area contributed by atoms with Crippen molar-refractivity contribution in [2.45, 2.75) is 19.9 Å². The minimum absolute atomic E-state index is 0.0529. The standard InChI is InChI=1S/C15H19N5O/c1-11-4-3-5-13(8-11)20-10-14(17-18-20)15(21)19-7-6-16-9-12(19)2/h3-5,8,10,12,16H,6-7,9H2,1-2H3/t12-/m1/s1. The van der Waals surface area contributed by atoms with E-state index in [4.69, 9.17) is 0 Å². The van der Waals surface area contributed by atoms with Crippen LogP contribution in [-0.4, -0.2) is 51.5 Å². The third-order valence-corrected chi connectivity index (χ3v) is 3.74. The molecule has 0 aliphatic carbocycles. The molecule has 1 saturated heterocycles. The fourth-order valence-electron chi connectivity index (χ4n) is 2.55. The molecular formula is C15H19N5O. The fraction of sp³-hybridized carbons (Fsp3) is 0.400. The van der Waals surface area contributed by atoms with Gasteiger partial charge in [0.15, 0.2) is 5.69 Å². The smallest absolute Gasteiger partial charge is 0.276 e. The zero-order valence-electron chi connectivity index (χ0n) is 12.3. The van der Waals surface area contributed by atoms with Gasteiger partial charge in [0, 0.05) is 25.7 Å². The molecule has 1 atom stereocenters. The van der Waals surface area contributed by atoms with Gasteiger partial charge in [0.25, 0.3) is 5.91 Å². The molecule has 1 aromatic carbocycles. The monoisotopic (exact) mass is 285 g/mol. The van der Waals surface area contributed by atoms with Gasteiger partial charge < -0.3 is 10.2 Å². The van der Waals surface area contributed by atoms with Gasteiger partial charge in [-0.2, -0.15) is 0 Å². The van der Waals surface area contributed by atoms with Crippen molar-refractivity contribution in [3.8, 4) is 5.69 Å². The molecule has 1 aliphatic heterocycles. The Morgan fingerprint density at radius 2 is 2.29 bits per heavy atom. The number of nitrogens with zero attached hydrogens (tertiary/aromatic N) is 4. The van der Waals surface area contributed by atoms with Crippen LogP contribution in [0.3, 0.4) is 0 Å². The van der Waals surface area contributed by atoms with Crippen LogP contribution >= 0.6 is 0 Å². The van der Waals surface area contributed by atoms with Gasteiger partial charge in [-0.25, -0.2) is 4.68 Å². The number of benzene rings is 1. The van der Waals surface area contributed by atoms with Crippen molar-refractivity contribution in [3.63, 3.8) is 0 Å². The Balaban J connectivity index is 1.83. The molecule has 110 valence electrons. The Morgan fingerprint density at radius 3 is 3.05 bits per heavy atom. The molecule has 3 rings (SSSR count). The van der Waals surface area contributed by atoms with E-state index in [1.54, 1.807) is 10.9 Å². The molecule has 6 heteroatoms. The van der Waals surface area contributed by atoms with E-state index in [0.717, 1.165) is 24.3 Å². The Morgan fingerprint density at radius 1 is 1.43 bits per heavy atom. The van der Waals surface area contributed by atoms with Crippen molar-refractivity contribution in [1.82, 2.24) is 25.2 Å². The van der Waals surface area contributed by atoms with Crippen LogP contribution in [0, 0.1) is 6.92 Å². The van der Waals surface area contributed by atoms with Gasteiger partial charge in [-0.05, 0) is 31.5 Å². The van der Waals surface area contributed by atoms with E-state index in [9.17, 15) is 4.79 Å². The third kappa shape index (κ3) is 2.80. The second-order valence-electron chi connectivity index (χ2n) is 5.44. The van der Waals surface area contributed by atoms with Crippen molar-refractivity contribution in [1.29, 1.82) is 0 Å². The number of amides is 1. The number of aryl methyl sites for hydroxylation is 1. The predicted molar refractivity (Wildman–Crippen MR) is 79.5 cm³/mol. The normalized spacial score (nSPS) is 18.8. The van der Waals surface area contributed by atoms with Gasteiger partial charge in [-0.15, -0.1) is 5.10 Å². The summed E-state index contributed by atoms with van der Waals surface area (Å²) in [6.07, 6.45) is 1.70. The highest BCUT2D eigenvalue weighted by Crippen LogP contribution is 2.12. The summed E-state index contributed by atoms with van der Waals surface area (Å²) in [5.74, 6) is -0.0529. The molecule has 1 fully saturated rings. The molecule has 0 saturated carbocycles. The summed E-state index contributed by atoms with van der Waals surface area (Å²) < 4.78 is 1.65. The predicted octanol–water partition coefficient (Wildman–Crippen LogP) is 1.01. The Bertz CT molecular complexity index is 651. The summed E-state index contributed by atoms with van der Waals surface area (Å²) in [6.45, 7) is 6.40. The maximum atomic E-state index is 12.5. The SMILES string of the molecule is Cc1cccc(-n2cc(C(=O)N3CCNC[C@H]3C)nn2)c1. The van der Waals surface area contributed by atoms with Gasteiger partial charge in [0.05, 0.1) is 11.9 Å². The quantitative estimate of drug-likeness (QED) is 0.894. The van der Waals surface area contributed by atoms with E-state index >= 15 is 0 Å². The molecule has 0 unspecified atom stereocenters. The van der Waals surface area contributed by atoms with E-state index in [1.165, 1.54) is 0 Å². The van der Waals surface area contributed by atoms with Crippen LogP contribution in [0.4, 0.5) is 0 Å². The van der Waals surface area contributed by atoms with Crippen LogP contribution in [0.25, 0.3) is 5.69 Å². The molecule has 1 aromatic heterocycles. The summed E-state index contributed by atoms with van der Waals surface area (Å²) in [7, 11) is 0. The number of rotatable bonds is 2. The minimum atomic E-state index is -0.0529. The van der Waals surface area contributed by atoms with E-state index < -0.39 is 0 Å². The maximum absolute atomic E-state index is 12.5. The van der Waals surface area contributed by atoms with Crippen LogP contribution in [0.1, 0.15) is 23.0 Å². The number of hydrogen-bond acceptors (Lipinski definition) is 4. The summed E-state index contributed by atoms with van der Waals surface area (Å²) in [6, 6.07) is 8.12. The second-order valence-corrected chi connectivity index (χ2v) is 5.44. The molecule has 2 aromatic rings. The first-order chi connectivity index (χ1) is 10.1. The summed E-state index contributed by atoms with van der Waals surface area (Å²) >= 11 is 0. The summed E-state index contributed by atoms with van der Waals surface area (Å²) in [5.41, 5.74) is 2.45. The number of hydrogen-bond donors (Lipinski definition) is 1. The minimum Gasteiger partial charge on any atom is -0.332 e. The highest BCUT2D eigenvalue weighted by atomic mass is 16.2. The molecule has 1 amide bonds. The zero-order valence-corrected chi connectivity index (χ0v) is 12.3.